The molecule has 0 aromatic heterocycles. The summed E-state index contributed by atoms with van der Waals surface area (Å²) < 4.78 is 0. The largest absolute Gasteiger partial charge is 0.392 e. The fourth-order valence-electron chi connectivity index (χ4n) is 2.15. The molecular weight excluding hydrogens is 176 g/mol. The Balaban J connectivity index is 2.23. The Morgan fingerprint density at radius 2 is 2.36 bits per heavy atom. The van der Waals surface area contributed by atoms with Gasteiger partial charge in [0.2, 0.25) is 0 Å². The first-order chi connectivity index (χ1) is 6.72. The highest BCUT2D eigenvalue weighted by Gasteiger charge is 2.16. The van der Waals surface area contributed by atoms with Gasteiger partial charge in [-0.3, -0.25) is 0 Å². The molecule has 1 unspecified atom stereocenters. The molecule has 1 fully saturated rings. The minimum atomic E-state index is -0.202. The summed E-state index contributed by atoms with van der Waals surface area (Å²) in [6.45, 7) is 9.35. The molecule has 0 aromatic carbocycles. The molecule has 0 bridgehead atoms. The van der Waals surface area contributed by atoms with Gasteiger partial charge in [-0.2, -0.15) is 0 Å². The predicted molar refractivity (Wildman–Crippen MR) is 59.4 cm³/mol. The summed E-state index contributed by atoms with van der Waals surface area (Å²) in [6.07, 6.45) is 2.44. The van der Waals surface area contributed by atoms with Crippen molar-refractivity contribution in [1.82, 2.24) is 10.2 Å². The maximum Gasteiger partial charge on any atom is 0.0639 e. The number of likely N-dealkylation sites (N-methyl/N-ethyl adjacent to an activating group) is 1. The van der Waals surface area contributed by atoms with Gasteiger partial charge in [0, 0.05) is 13.1 Å². The van der Waals surface area contributed by atoms with E-state index < -0.39 is 0 Å². The quantitative estimate of drug-likeness (QED) is 0.685. The summed E-state index contributed by atoms with van der Waals surface area (Å²) in [4.78, 5) is 2.35. The lowest BCUT2D eigenvalue weighted by atomic mass is 9.99. The van der Waals surface area contributed by atoms with Crippen LogP contribution in [0.4, 0.5) is 0 Å². The van der Waals surface area contributed by atoms with Crippen molar-refractivity contribution < 1.29 is 5.11 Å². The van der Waals surface area contributed by atoms with Gasteiger partial charge in [-0.25, -0.2) is 0 Å². The summed E-state index contributed by atoms with van der Waals surface area (Å²) >= 11 is 0. The highest BCUT2D eigenvalue weighted by molar-refractivity contribution is 4.73. The van der Waals surface area contributed by atoms with Gasteiger partial charge < -0.3 is 15.3 Å². The molecule has 1 rings (SSSR count). The minimum absolute atomic E-state index is 0.202. The smallest absolute Gasteiger partial charge is 0.0639 e. The van der Waals surface area contributed by atoms with E-state index in [2.05, 4.69) is 17.1 Å². The van der Waals surface area contributed by atoms with Gasteiger partial charge in [0.25, 0.3) is 0 Å². The SMILES string of the molecule is CCN(CC1CCCNC1)C[C@H](C)O. The van der Waals surface area contributed by atoms with Crippen molar-refractivity contribution in [3.05, 3.63) is 0 Å². The van der Waals surface area contributed by atoms with Gasteiger partial charge in [0.1, 0.15) is 0 Å². The number of aliphatic hydroxyl groups is 1. The van der Waals surface area contributed by atoms with Crippen LogP contribution in [0.15, 0.2) is 0 Å². The first-order valence-electron chi connectivity index (χ1n) is 5.83. The van der Waals surface area contributed by atoms with Crippen LogP contribution in [0.2, 0.25) is 0 Å². The molecule has 2 atom stereocenters. The topological polar surface area (TPSA) is 35.5 Å². The fraction of sp³-hybridized carbons (Fsp3) is 1.00. The van der Waals surface area contributed by atoms with Crippen molar-refractivity contribution in [2.24, 2.45) is 5.92 Å². The summed E-state index contributed by atoms with van der Waals surface area (Å²) in [6, 6.07) is 0. The third kappa shape index (κ3) is 4.40. The van der Waals surface area contributed by atoms with E-state index in [-0.39, 0.29) is 6.10 Å². The highest BCUT2D eigenvalue weighted by Crippen LogP contribution is 2.11. The van der Waals surface area contributed by atoms with E-state index in [9.17, 15) is 5.11 Å². The van der Waals surface area contributed by atoms with Crippen LogP contribution in [0, 0.1) is 5.92 Å². The average Bonchev–Trinajstić information content (AvgIpc) is 2.17. The number of piperidine rings is 1. The van der Waals surface area contributed by atoms with Crippen molar-refractivity contribution in [2.45, 2.75) is 32.8 Å². The van der Waals surface area contributed by atoms with E-state index in [1.54, 1.807) is 0 Å². The number of nitrogens with zero attached hydrogens (tertiary/aromatic N) is 1. The maximum absolute atomic E-state index is 9.33. The standard InChI is InChI=1S/C11H24N2O/c1-3-13(8-10(2)14)9-11-5-4-6-12-7-11/h10-12,14H,3-9H2,1-2H3/t10-,11?/m0/s1. The van der Waals surface area contributed by atoms with Crippen LogP contribution < -0.4 is 5.32 Å². The summed E-state index contributed by atoms with van der Waals surface area (Å²) in [7, 11) is 0. The van der Waals surface area contributed by atoms with Gasteiger partial charge >= 0.3 is 0 Å². The zero-order valence-corrected chi connectivity index (χ0v) is 9.50. The monoisotopic (exact) mass is 200 g/mol. The molecule has 3 heteroatoms. The second-order valence-corrected chi connectivity index (χ2v) is 4.41. The summed E-state index contributed by atoms with van der Waals surface area (Å²) in [5.74, 6) is 0.780. The molecular formula is C11H24N2O. The molecule has 0 aliphatic carbocycles. The van der Waals surface area contributed by atoms with Crippen LogP contribution >= 0.6 is 0 Å². The lowest BCUT2D eigenvalue weighted by molar-refractivity contribution is 0.114. The van der Waals surface area contributed by atoms with Crippen molar-refractivity contribution in [3.63, 3.8) is 0 Å². The highest BCUT2D eigenvalue weighted by atomic mass is 16.3. The van der Waals surface area contributed by atoms with Crippen molar-refractivity contribution in [1.29, 1.82) is 0 Å². The second-order valence-electron chi connectivity index (χ2n) is 4.41. The molecule has 2 N–H and O–H groups in total. The summed E-state index contributed by atoms with van der Waals surface area (Å²) in [5, 5.41) is 12.8. The molecule has 84 valence electrons. The molecule has 14 heavy (non-hydrogen) atoms. The van der Waals surface area contributed by atoms with E-state index in [4.69, 9.17) is 0 Å². The molecule has 1 heterocycles. The van der Waals surface area contributed by atoms with Crippen molar-refractivity contribution in [3.8, 4) is 0 Å². The first-order valence-corrected chi connectivity index (χ1v) is 5.83. The number of nitrogens with one attached hydrogen (secondary N) is 1. The van der Waals surface area contributed by atoms with Gasteiger partial charge in [-0.1, -0.05) is 6.92 Å². The predicted octanol–water partition coefficient (Wildman–Crippen LogP) is 0.689. The molecule has 0 amide bonds. The third-order valence-electron chi connectivity index (χ3n) is 2.88. The Hall–Kier alpha value is -0.120. The van der Waals surface area contributed by atoms with Crippen molar-refractivity contribution in [2.75, 3.05) is 32.7 Å². The van der Waals surface area contributed by atoms with Crippen LogP contribution in [0.25, 0.3) is 0 Å². The molecule has 1 aliphatic heterocycles. The van der Waals surface area contributed by atoms with E-state index in [1.165, 1.54) is 19.4 Å². The Labute approximate surface area is 87.5 Å². The van der Waals surface area contributed by atoms with Gasteiger partial charge in [0.05, 0.1) is 6.10 Å². The lowest BCUT2D eigenvalue weighted by Crippen LogP contribution is -2.40. The summed E-state index contributed by atoms with van der Waals surface area (Å²) in [5.41, 5.74) is 0. The van der Waals surface area contributed by atoms with Crippen molar-refractivity contribution >= 4 is 0 Å². The Bertz CT molecular complexity index is 144. The molecule has 0 saturated carbocycles. The molecule has 0 radical (unpaired) electrons. The maximum atomic E-state index is 9.33. The van der Waals surface area contributed by atoms with Crippen LogP contribution in [-0.4, -0.2) is 48.8 Å². The average molecular weight is 200 g/mol. The number of hydrogen-bond donors (Lipinski definition) is 2. The van der Waals surface area contributed by atoms with Gasteiger partial charge in [-0.05, 0) is 45.3 Å². The number of rotatable bonds is 5. The molecule has 1 saturated heterocycles. The minimum Gasteiger partial charge on any atom is -0.392 e. The Morgan fingerprint density at radius 1 is 1.57 bits per heavy atom. The van der Waals surface area contributed by atoms with Crippen LogP contribution in [-0.2, 0) is 0 Å². The van der Waals surface area contributed by atoms with E-state index in [0.29, 0.717) is 0 Å². The normalized spacial score (nSPS) is 25.3. The molecule has 0 spiro atoms. The lowest BCUT2D eigenvalue weighted by Gasteiger charge is -2.30. The molecule has 1 aliphatic rings. The van der Waals surface area contributed by atoms with Crippen LogP contribution in [0.3, 0.4) is 0 Å². The molecule has 3 nitrogen and oxygen atoms in total. The number of hydrogen-bond acceptors (Lipinski definition) is 3. The second kappa shape index (κ2) is 6.38. The van der Waals surface area contributed by atoms with Crippen LogP contribution in [0.1, 0.15) is 26.7 Å². The van der Waals surface area contributed by atoms with Crippen LogP contribution in [0.5, 0.6) is 0 Å². The first kappa shape index (κ1) is 12.0. The Morgan fingerprint density at radius 3 is 2.86 bits per heavy atom. The molecule has 0 aromatic rings. The van der Waals surface area contributed by atoms with E-state index in [1.807, 2.05) is 6.92 Å². The fourth-order valence-corrected chi connectivity index (χ4v) is 2.15. The zero-order chi connectivity index (χ0) is 10.4. The Kier molecular flexibility index (Phi) is 5.45. The zero-order valence-electron chi connectivity index (χ0n) is 9.50. The van der Waals surface area contributed by atoms with Gasteiger partial charge in [-0.15, -0.1) is 0 Å². The van der Waals surface area contributed by atoms with E-state index >= 15 is 0 Å². The van der Waals surface area contributed by atoms with E-state index in [0.717, 1.165) is 32.1 Å². The third-order valence-corrected chi connectivity index (χ3v) is 2.88. The van der Waals surface area contributed by atoms with Gasteiger partial charge in [0.15, 0.2) is 0 Å². The number of aliphatic hydroxyl groups excluding tert-OH is 1.